The zero-order valence-corrected chi connectivity index (χ0v) is 13.9. The van der Waals surface area contributed by atoms with Gasteiger partial charge in [-0.3, -0.25) is 4.79 Å². The van der Waals surface area contributed by atoms with E-state index in [1.54, 1.807) is 0 Å². The molecule has 126 valence electrons. The van der Waals surface area contributed by atoms with E-state index in [1.165, 1.54) is 0 Å². The summed E-state index contributed by atoms with van der Waals surface area (Å²) in [6.07, 6.45) is 1.18. The molecule has 0 spiro atoms. The number of nitrogens with one attached hydrogen (secondary N) is 1. The van der Waals surface area contributed by atoms with Gasteiger partial charge in [0.15, 0.2) is 0 Å². The highest BCUT2D eigenvalue weighted by atomic mass is 16.5. The molecule has 0 radical (unpaired) electrons. The summed E-state index contributed by atoms with van der Waals surface area (Å²) < 4.78 is 5.59. The molecule has 3 rings (SSSR count). The third-order valence-corrected chi connectivity index (χ3v) is 4.64. The Morgan fingerprint density at radius 2 is 1.92 bits per heavy atom. The van der Waals surface area contributed by atoms with Gasteiger partial charge >= 0.3 is 0 Å². The first-order valence-corrected chi connectivity index (χ1v) is 8.41. The van der Waals surface area contributed by atoms with Crippen LogP contribution in [0.15, 0.2) is 54.6 Å². The molecular formula is C20H23NO3. The Morgan fingerprint density at radius 1 is 1.21 bits per heavy atom. The number of para-hydroxylation sites is 1. The normalized spacial score (nSPS) is 20.6. The molecule has 0 aromatic heterocycles. The first-order chi connectivity index (χ1) is 11.6. The zero-order chi connectivity index (χ0) is 17.0. The van der Waals surface area contributed by atoms with E-state index in [4.69, 9.17) is 4.74 Å². The van der Waals surface area contributed by atoms with Crippen LogP contribution in [0.2, 0.25) is 0 Å². The average molecular weight is 325 g/mol. The lowest BCUT2D eigenvalue weighted by molar-refractivity contribution is -0.124. The molecule has 0 bridgehead atoms. The Morgan fingerprint density at radius 3 is 2.67 bits per heavy atom. The highest BCUT2D eigenvalue weighted by Crippen LogP contribution is 2.36. The predicted molar refractivity (Wildman–Crippen MR) is 92.9 cm³/mol. The summed E-state index contributed by atoms with van der Waals surface area (Å²) in [6, 6.07) is 17.2. The van der Waals surface area contributed by atoms with Crippen molar-refractivity contribution in [1.82, 2.24) is 5.32 Å². The minimum Gasteiger partial charge on any atom is -0.493 e. The highest BCUT2D eigenvalue weighted by molar-refractivity contribution is 5.83. The summed E-state index contributed by atoms with van der Waals surface area (Å²) in [5.74, 6) is 0.432. The van der Waals surface area contributed by atoms with Crippen LogP contribution in [-0.2, 0) is 10.4 Å². The van der Waals surface area contributed by atoms with Crippen LogP contribution in [0, 0.1) is 0 Å². The summed E-state index contributed by atoms with van der Waals surface area (Å²) in [5.41, 5.74) is 0.653. The van der Waals surface area contributed by atoms with E-state index in [0.717, 1.165) is 11.1 Å². The molecule has 0 aliphatic carbocycles. The number of carbonyl (C=O) groups excluding carboxylic acids is 1. The highest BCUT2D eigenvalue weighted by Gasteiger charge is 2.36. The second-order valence-corrected chi connectivity index (χ2v) is 6.22. The molecule has 2 N–H and O–H groups in total. The summed E-state index contributed by atoms with van der Waals surface area (Å²) in [5, 5.41) is 13.9. The molecule has 1 heterocycles. The molecule has 4 nitrogen and oxygen atoms in total. The minimum atomic E-state index is -1.08. The predicted octanol–water partition coefficient (Wildman–Crippen LogP) is 2.97. The van der Waals surface area contributed by atoms with Crippen LogP contribution < -0.4 is 10.1 Å². The number of fused-ring (bicyclic) bond motifs is 1. The van der Waals surface area contributed by atoms with Gasteiger partial charge in [0.2, 0.25) is 5.91 Å². The van der Waals surface area contributed by atoms with Gasteiger partial charge in [-0.2, -0.15) is 0 Å². The van der Waals surface area contributed by atoms with Gasteiger partial charge in [-0.15, -0.1) is 0 Å². The van der Waals surface area contributed by atoms with Crippen molar-refractivity contribution in [3.05, 3.63) is 65.7 Å². The largest absolute Gasteiger partial charge is 0.493 e. The number of ether oxygens (including phenoxy) is 1. The Balaban J connectivity index is 1.72. The van der Waals surface area contributed by atoms with Crippen LogP contribution in [0.25, 0.3) is 0 Å². The number of amides is 1. The Bertz CT molecular complexity index is 701. The number of hydrogen-bond acceptors (Lipinski definition) is 3. The fourth-order valence-electron chi connectivity index (χ4n) is 3.24. The topological polar surface area (TPSA) is 58.6 Å². The Hall–Kier alpha value is -2.33. The average Bonchev–Trinajstić information content (AvgIpc) is 2.62. The van der Waals surface area contributed by atoms with Crippen LogP contribution in [0.4, 0.5) is 0 Å². The fraction of sp³-hybridized carbons (Fsp3) is 0.350. The van der Waals surface area contributed by atoms with Crippen molar-refractivity contribution in [2.45, 2.75) is 31.3 Å². The van der Waals surface area contributed by atoms with E-state index in [1.807, 2.05) is 61.5 Å². The van der Waals surface area contributed by atoms with Crippen molar-refractivity contribution in [2.24, 2.45) is 0 Å². The lowest BCUT2D eigenvalue weighted by atomic mass is 9.87. The molecule has 1 aliphatic heterocycles. The molecule has 4 heteroatoms. The smallest absolute Gasteiger partial charge is 0.227 e. The van der Waals surface area contributed by atoms with Gasteiger partial charge in [0.05, 0.1) is 19.1 Å². The molecule has 0 saturated heterocycles. The molecular weight excluding hydrogens is 302 g/mol. The maximum absolute atomic E-state index is 12.6. The molecule has 2 atom stereocenters. The Kier molecular flexibility index (Phi) is 4.86. The second-order valence-electron chi connectivity index (χ2n) is 6.22. The lowest BCUT2D eigenvalue weighted by Gasteiger charge is -2.34. The van der Waals surface area contributed by atoms with Crippen molar-refractivity contribution in [3.8, 4) is 5.75 Å². The summed E-state index contributed by atoms with van der Waals surface area (Å²) in [7, 11) is 0. The molecule has 0 saturated carbocycles. The van der Waals surface area contributed by atoms with Gasteiger partial charge in [0.25, 0.3) is 0 Å². The maximum atomic E-state index is 12.6. The van der Waals surface area contributed by atoms with Gasteiger partial charge in [0, 0.05) is 12.0 Å². The van der Waals surface area contributed by atoms with Gasteiger partial charge in [-0.25, -0.2) is 0 Å². The molecule has 24 heavy (non-hydrogen) atoms. The first kappa shape index (κ1) is 16.5. The van der Waals surface area contributed by atoms with Crippen molar-refractivity contribution < 1.29 is 14.6 Å². The summed E-state index contributed by atoms with van der Waals surface area (Å²) in [6.45, 7) is 2.63. The van der Waals surface area contributed by atoms with E-state index in [9.17, 15) is 9.90 Å². The molecule has 2 aromatic carbocycles. The molecule has 1 amide bonds. The van der Waals surface area contributed by atoms with Crippen molar-refractivity contribution in [1.29, 1.82) is 0 Å². The van der Waals surface area contributed by atoms with Crippen LogP contribution in [0.5, 0.6) is 5.75 Å². The standard InChI is InChI=1S/C20H23NO3/c1-2-16(15-8-4-3-5-9-15)19(22)21-14-20(23)12-13-24-18-11-7-6-10-17(18)20/h3-11,16,23H,2,12-14H2,1H3,(H,21,22)/t16-,20+/m0/s1. The molecule has 2 aromatic rings. The summed E-state index contributed by atoms with van der Waals surface area (Å²) in [4.78, 5) is 12.6. The maximum Gasteiger partial charge on any atom is 0.227 e. The monoisotopic (exact) mass is 325 g/mol. The van der Waals surface area contributed by atoms with Crippen molar-refractivity contribution >= 4 is 5.91 Å². The SMILES string of the molecule is CC[C@H](C(=O)NC[C@]1(O)CCOc2ccccc21)c1ccccc1. The first-order valence-electron chi connectivity index (χ1n) is 8.41. The number of aliphatic hydroxyl groups is 1. The number of carbonyl (C=O) groups is 1. The van der Waals surface area contributed by atoms with Crippen molar-refractivity contribution in [2.75, 3.05) is 13.2 Å². The molecule has 0 unspecified atom stereocenters. The fourth-order valence-corrected chi connectivity index (χ4v) is 3.24. The van der Waals surface area contributed by atoms with Crippen LogP contribution in [0.3, 0.4) is 0 Å². The minimum absolute atomic E-state index is 0.0545. The van der Waals surface area contributed by atoms with Gasteiger partial charge in [-0.05, 0) is 18.1 Å². The molecule has 0 fully saturated rings. The lowest BCUT2D eigenvalue weighted by Crippen LogP contribution is -2.45. The van der Waals surface area contributed by atoms with Crippen molar-refractivity contribution in [3.63, 3.8) is 0 Å². The van der Waals surface area contributed by atoms with E-state index in [0.29, 0.717) is 25.2 Å². The van der Waals surface area contributed by atoms with Crippen LogP contribution in [0.1, 0.15) is 36.8 Å². The number of benzene rings is 2. The van der Waals surface area contributed by atoms with E-state index in [2.05, 4.69) is 5.32 Å². The van der Waals surface area contributed by atoms with E-state index < -0.39 is 5.60 Å². The van der Waals surface area contributed by atoms with Crippen LogP contribution in [-0.4, -0.2) is 24.2 Å². The van der Waals surface area contributed by atoms with Crippen LogP contribution >= 0.6 is 0 Å². The summed E-state index contributed by atoms with van der Waals surface area (Å²) >= 11 is 0. The zero-order valence-electron chi connectivity index (χ0n) is 13.9. The van der Waals surface area contributed by atoms with E-state index >= 15 is 0 Å². The van der Waals surface area contributed by atoms with Gasteiger partial charge in [0.1, 0.15) is 11.4 Å². The number of rotatable bonds is 5. The third kappa shape index (κ3) is 3.29. The molecule has 1 aliphatic rings. The van der Waals surface area contributed by atoms with Gasteiger partial charge in [-0.1, -0.05) is 55.5 Å². The Labute approximate surface area is 142 Å². The third-order valence-electron chi connectivity index (χ3n) is 4.64. The van der Waals surface area contributed by atoms with E-state index in [-0.39, 0.29) is 18.4 Å². The quantitative estimate of drug-likeness (QED) is 0.888. The number of hydrogen-bond donors (Lipinski definition) is 2. The van der Waals surface area contributed by atoms with Gasteiger partial charge < -0.3 is 15.2 Å². The second kappa shape index (κ2) is 7.05.